The molecule has 1 atom stereocenters. The fourth-order valence-electron chi connectivity index (χ4n) is 3.99. The molecule has 0 radical (unpaired) electrons. The number of hydrogen-bond acceptors (Lipinski definition) is 6. The summed E-state index contributed by atoms with van der Waals surface area (Å²) in [6, 6.07) is 15.2. The highest BCUT2D eigenvalue weighted by Gasteiger charge is 2.20. The lowest BCUT2D eigenvalue weighted by Gasteiger charge is -2.13. The Hall–Kier alpha value is -3.92. The number of rotatable bonds is 8. The summed E-state index contributed by atoms with van der Waals surface area (Å²) >= 11 is 1.26. The van der Waals surface area contributed by atoms with Crippen molar-refractivity contribution in [2.75, 3.05) is 0 Å². The molecule has 5 rings (SSSR count). The van der Waals surface area contributed by atoms with Crippen molar-refractivity contribution in [3.63, 3.8) is 0 Å². The van der Waals surface area contributed by atoms with E-state index in [1.54, 1.807) is 23.6 Å². The maximum atomic E-state index is 13.2. The first-order valence-corrected chi connectivity index (χ1v) is 11.8. The van der Waals surface area contributed by atoms with Crippen LogP contribution < -0.4 is 16.6 Å². The highest BCUT2D eigenvalue weighted by molar-refractivity contribution is 7.17. The number of aromatic nitrogens is 4. The van der Waals surface area contributed by atoms with Crippen LogP contribution in [0.25, 0.3) is 16.0 Å². The third kappa shape index (κ3) is 4.19. The van der Waals surface area contributed by atoms with Crippen molar-refractivity contribution < 1.29 is 9.21 Å². The smallest absolute Gasteiger partial charge is 0.352 e. The lowest BCUT2D eigenvalue weighted by Crippen LogP contribution is -2.38. The number of carbonyl (C=O) groups is 1. The van der Waals surface area contributed by atoms with Crippen LogP contribution >= 0.6 is 11.3 Å². The average Bonchev–Trinajstić information content (AvgIpc) is 3.57. The van der Waals surface area contributed by atoms with Gasteiger partial charge in [-0.15, -0.1) is 16.4 Å². The SMILES string of the molecule is CC(CCc1ccccc1)NC(=O)Cn1nc2n(Cc3ccco3)c(=O)c3sccc3n2c1=O. The molecule has 0 fully saturated rings. The van der Waals surface area contributed by atoms with Crippen molar-refractivity contribution in [1.82, 2.24) is 24.1 Å². The molecule has 174 valence electrons. The Morgan fingerprint density at radius 1 is 1.15 bits per heavy atom. The Balaban J connectivity index is 1.40. The van der Waals surface area contributed by atoms with Crippen molar-refractivity contribution in [3.8, 4) is 0 Å². The van der Waals surface area contributed by atoms with Gasteiger partial charge in [-0.1, -0.05) is 30.3 Å². The second-order valence-corrected chi connectivity index (χ2v) is 9.09. The Labute approximate surface area is 197 Å². The molecule has 0 saturated heterocycles. The molecule has 0 bridgehead atoms. The lowest BCUT2D eigenvalue weighted by molar-refractivity contribution is -0.122. The van der Waals surface area contributed by atoms with Crippen LogP contribution in [0.4, 0.5) is 0 Å². The van der Waals surface area contributed by atoms with Crippen LogP contribution in [0, 0.1) is 0 Å². The summed E-state index contributed by atoms with van der Waals surface area (Å²) in [5.41, 5.74) is 0.951. The first kappa shape index (κ1) is 21.9. The minimum absolute atomic E-state index is 0.0684. The first-order valence-electron chi connectivity index (χ1n) is 11.0. The molecule has 0 spiro atoms. The topological polar surface area (TPSA) is 104 Å². The number of furan rings is 1. The van der Waals surface area contributed by atoms with E-state index in [1.807, 2.05) is 25.1 Å². The van der Waals surface area contributed by atoms with Gasteiger partial charge >= 0.3 is 5.69 Å². The average molecular weight is 478 g/mol. The monoisotopic (exact) mass is 477 g/mol. The largest absolute Gasteiger partial charge is 0.467 e. The van der Waals surface area contributed by atoms with Crippen molar-refractivity contribution in [2.24, 2.45) is 0 Å². The zero-order chi connectivity index (χ0) is 23.7. The zero-order valence-electron chi connectivity index (χ0n) is 18.5. The third-order valence-electron chi connectivity index (χ3n) is 5.69. The van der Waals surface area contributed by atoms with Gasteiger partial charge in [-0.2, -0.15) is 0 Å². The summed E-state index contributed by atoms with van der Waals surface area (Å²) in [6.45, 7) is 1.82. The van der Waals surface area contributed by atoms with E-state index < -0.39 is 5.69 Å². The van der Waals surface area contributed by atoms with Crippen LogP contribution in [-0.4, -0.2) is 30.7 Å². The number of amides is 1. The summed E-state index contributed by atoms with van der Waals surface area (Å²) in [7, 11) is 0. The fourth-order valence-corrected chi connectivity index (χ4v) is 4.82. The van der Waals surface area contributed by atoms with E-state index in [1.165, 1.54) is 32.1 Å². The number of carbonyl (C=O) groups excluding carboxylic acids is 1. The fraction of sp³-hybridized carbons (Fsp3) is 0.250. The molecule has 34 heavy (non-hydrogen) atoms. The van der Waals surface area contributed by atoms with Crippen molar-refractivity contribution >= 4 is 33.2 Å². The van der Waals surface area contributed by atoms with E-state index >= 15 is 0 Å². The quantitative estimate of drug-likeness (QED) is 0.370. The van der Waals surface area contributed by atoms with E-state index in [9.17, 15) is 14.4 Å². The van der Waals surface area contributed by atoms with Gasteiger partial charge in [0.05, 0.1) is 18.3 Å². The molecule has 0 aliphatic heterocycles. The number of nitrogens with zero attached hydrogens (tertiary/aromatic N) is 4. The minimum atomic E-state index is -0.473. The number of hydrogen-bond donors (Lipinski definition) is 1. The zero-order valence-corrected chi connectivity index (χ0v) is 19.3. The predicted molar refractivity (Wildman–Crippen MR) is 129 cm³/mol. The second kappa shape index (κ2) is 9.14. The third-order valence-corrected chi connectivity index (χ3v) is 6.58. The van der Waals surface area contributed by atoms with E-state index in [2.05, 4.69) is 22.5 Å². The molecule has 1 amide bonds. The Morgan fingerprint density at radius 2 is 1.97 bits per heavy atom. The molecule has 1 unspecified atom stereocenters. The van der Waals surface area contributed by atoms with Crippen LogP contribution in [0.3, 0.4) is 0 Å². The Bertz CT molecular complexity index is 1560. The first-order chi connectivity index (χ1) is 16.5. The molecule has 10 heteroatoms. The number of fused-ring (bicyclic) bond motifs is 3. The van der Waals surface area contributed by atoms with Gasteiger partial charge in [0.2, 0.25) is 11.7 Å². The standard InChI is InChI=1S/C24H23N5O4S/c1-16(9-10-17-6-3-2-4-7-17)25-20(30)15-28-24(32)29-19-11-13-34-21(19)22(31)27(23(29)26-28)14-18-8-5-12-33-18/h2-8,11-13,16H,9-10,14-15H2,1H3,(H,25,30). The van der Waals surface area contributed by atoms with Gasteiger partial charge in [-0.25, -0.2) is 13.9 Å². The normalized spacial score (nSPS) is 12.4. The number of nitrogens with one attached hydrogen (secondary N) is 1. The van der Waals surface area contributed by atoms with Gasteiger partial charge in [-0.3, -0.25) is 14.2 Å². The van der Waals surface area contributed by atoms with Crippen LogP contribution in [0.2, 0.25) is 0 Å². The highest BCUT2D eigenvalue weighted by atomic mass is 32.1. The van der Waals surface area contributed by atoms with Gasteiger partial charge in [0.25, 0.3) is 5.56 Å². The van der Waals surface area contributed by atoms with Crippen molar-refractivity contribution in [3.05, 3.63) is 92.3 Å². The Morgan fingerprint density at radius 3 is 2.74 bits per heavy atom. The molecule has 0 saturated carbocycles. The van der Waals surface area contributed by atoms with Crippen LogP contribution in [-0.2, 0) is 24.3 Å². The number of thiophene rings is 1. The minimum Gasteiger partial charge on any atom is -0.467 e. The van der Waals surface area contributed by atoms with Gasteiger partial charge in [0, 0.05) is 6.04 Å². The predicted octanol–water partition coefficient (Wildman–Crippen LogP) is 2.65. The summed E-state index contributed by atoms with van der Waals surface area (Å²) in [4.78, 5) is 39.0. The molecular weight excluding hydrogens is 454 g/mol. The molecule has 1 N–H and O–H groups in total. The second-order valence-electron chi connectivity index (χ2n) is 8.17. The summed E-state index contributed by atoms with van der Waals surface area (Å²) in [5, 5.41) is 9.05. The lowest BCUT2D eigenvalue weighted by atomic mass is 10.1. The van der Waals surface area contributed by atoms with E-state index in [4.69, 9.17) is 4.42 Å². The molecule has 9 nitrogen and oxygen atoms in total. The molecule has 0 aliphatic rings. The molecule has 1 aromatic carbocycles. The summed E-state index contributed by atoms with van der Waals surface area (Å²) in [5.74, 6) is 0.418. The number of aryl methyl sites for hydroxylation is 1. The van der Waals surface area contributed by atoms with Crippen LogP contribution in [0.1, 0.15) is 24.7 Å². The van der Waals surface area contributed by atoms with Crippen molar-refractivity contribution in [2.45, 2.75) is 38.9 Å². The van der Waals surface area contributed by atoms with Gasteiger partial charge < -0.3 is 9.73 Å². The molecule has 4 aromatic heterocycles. The van der Waals surface area contributed by atoms with Crippen LogP contribution in [0.15, 0.2) is 74.2 Å². The summed E-state index contributed by atoms with van der Waals surface area (Å²) in [6.07, 6.45) is 3.13. The van der Waals surface area contributed by atoms with E-state index in [-0.39, 0.29) is 36.4 Å². The molecule has 4 heterocycles. The Kier molecular flexibility index (Phi) is 5.89. The maximum Gasteiger partial charge on any atom is 0.352 e. The van der Waals surface area contributed by atoms with Gasteiger partial charge in [0.15, 0.2) is 0 Å². The van der Waals surface area contributed by atoms with Gasteiger partial charge in [0.1, 0.15) is 17.0 Å². The van der Waals surface area contributed by atoms with E-state index in [0.717, 1.165) is 17.5 Å². The van der Waals surface area contributed by atoms with Gasteiger partial charge in [-0.05, 0) is 48.9 Å². The molecule has 5 aromatic rings. The van der Waals surface area contributed by atoms with Crippen molar-refractivity contribution in [1.29, 1.82) is 0 Å². The summed E-state index contributed by atoms with van der Waals surface area (Å²) < 4.78 is 9.71. The molecule has 0 aliphatic carbocycles. The van der Waals surface area contributed by atoms with Crippen LogP contribution in [0.5, 0.6) is 0 Å². The highest BCUT2D eigenvalue weighted by Crippen LogP contribution is 2.18. The van der Waals surface area contributed by atoms with E-state index in [0.29, 0.717) is 16.0 Å². The molecular formula is C24H23N5O4S. The number of benzene rings is 1. The maximum absolute atomic E-state index is 13.2.